The molecule has 2 nitrogen and oxygen atoms in total. The molecule has 100 valence electrons. The number of anilines is 2. The van der Waals surface area contributed by atoms with Gasteiger partial charge in [-0.25, -0.2) is 0 Å². The Labute approximate surface area is 115 Å². The van der Waals surface area contributed by atoms with Crippen LogP contribution in [0.2, 0.25) is 0 Å². The van der Waals surface area contributed by atoms with Crippen LogP contribution in [0.15, 0.2) is 42.5 Å². The van der Waals surface area contributed by atoms with E-state index in [0.29, 0.717) is 0 Å². The van der Waals surface area contributed by atoms with Crippen molar-refractivity contribution in [1.82, 2.24) is 0 Å². The lowest BCUT2D eigenvalue weighted by atomic mass is 10.0. The molecular formula is C17H22N2. The van der Waals surface area contributed by atoms with Crippen molar-refractivity contribution in [3.8, 4) is 0 Å². The monoisotopic (exact) mass is 254 g/mol. The van der Waals surface area contributed by atoms with Gasteiger partial charge < -0.3 is 10.6 Å². The molecule has 19 heavy (non-hydrogen) atoms. The summed E-state index contributed by atoms with van der Waals surface area (Å²) < 4.78 is 0. The maximum atomic E-state index is 5.71. The highest BCUT2D eigenvalue weighted by Crippen LogP contribution is 2.17. The second-order valence-corrected chi connectivity index (χ2v) is 5.19. The molecule has 0 amide bonds. The highest BCUT2D eigenvalue weighted by atomic mass is 15.1. The van der Waals surface area contributed by atoms with Gasteiger partial charge >= 0.3 is 0 Å². The van der Waals surface area contributed by atoms with E-state index in [4.69, 9.17) is 5.73 Å². The van der Waals surface area contributed by atoms with Gasteiger partial charge in [-0.15, -0.1) is 0 Å². The summed E-state index contributed by atoms with van der Waals surface area (Å²) in [4.78, 5) is 2.27. The van der Waals surface area contributed by atoms with Gasteiger partial charge in [0.25, 0.3) is 0 Å². The minimum absolute atomic E-state index is 0.812. The van der Waals surface area contributed by atoms with E-state index >= 15 is 0 Å². The van der Waals surface area contributed by atoms with Crippen LogP contribution in [0.1, 0.15) is 16.7 Å². The molecule has 2 aromatic rings. The lowest BCUT2D eigenvalue weighted by Crippen LogP contribution is -2.20. The second-order valence-electron chi connectivity index (χ2n) is 5.19. The van der Waals surface area contributed by atoms with Crippen LogP contribution in [0.25, 0.3) is 0 Å². The molecule has 0 saturated carbocycles. The third-order valence-electron chi connectivity index (χ3n) is 3.56. The highest BCUT2D eigenvalue weighted by Gasteiger charge is 2.03. The molecule has 2 aromatic carbocycles. The molecule has 0 heterocycles. The molecule has 0 radical (unpaired) electrons. The molecule has 2 rings (SSSR count). The number of nitrogen functional groups attached to an aromatic ring is 1. The number of hydrogen-bond donors (Lipinski definition) is 1. The molecule has 0 aliphatic rings. The van der Waals surface area contributed by atoms with Crippen LogP contribution in [0.4, 0.5) is 11.4 Å². The number of nitrogens with zero attached hydrogens (tertiary/aromatic N) is 1. The Kier molecular flexibility index (Phi) is 4.10. The smallest absolute Gasteiger partial charge is 0.0365 e. The molecule has 0 aliphatic carbocycles. The maximum Gasteiger partial charge on any atom is 0.0365 e. The molecule has 0 saturated heterocycles. The summed E-state index contributed by atoms with van der Waals surface area (Å²) in [5, 5.41) is 0. The molecule has 2 N–H and O–H groups in total. The fourth-order valence-corrected chi connectivity index (χ4v) is 2.22. The third kappa shape index (κ3) is 3.50. The molecule has 2 heteroatoms. The summed E-state index contributed by atoms with van der Waals surface area (Å²) in [6.07, 6.45) is 1.06. The van der Waals surface area contributed by atoms with Crippen molar-refractivity contribution in [3.63, 3.8) is 0 Å². The maximum absolute atomic E-state index is 5.71. The average molecular weight is 254 g/mol. The predicted octanol–water partition coefficient (Wildman–Crippen LogP) is 3.56. The van der Waals surface area contributed by atoms with Crippen LogP contribution >= 0.6 is 0 Å². The molecule has 0 aliphatic heterocycles. The first-order valence-electron chi connectivity index (χ1n) is 6.69. The molecule has 0 atom stereocenters. The van der Waals surface area contributed by atoms with Crippen molar-refractivity contribution in [2.75, 3.05) is 24.2 Å². The van der Waals surface area contributed by atoms with E-state index in [0.717, 1.165) is 18.7 Å². The zero-order chi connectivity index (χ0) is 13.8. The first-order valence-corrected chi connectivity index (χ1v) is 6.69. The van der Waals surface area contributed by atoms with E-state index in [1.807, 2.05) is 12.1 Å². The largest absolute Gasteiger partial charge is 0.399 e. The van der Waals surface area contributed by atoms with E-state index < -0.39 is 0 Å². The fraction of sp³-hybridized carbons (Fsp3) is 0.294. The predicted molar refractivity (Wildman–Crippen MR) is 83.7 cm³/mol. The minimum atomic E-state index is 0.812. The van der Waals surface area contributed by atoms with Gasteiger partial charge in [0.2, 0.25) is 0 Å². The van der Waals surface area contributed by atoms with E-state index in [-0.39, 0.29) is 0 Å². The lowest BCUT2D eigenvalue weighted by Gasteiger charge is -2.20. The second kappa shape index (κ2) is 5.79. The summed E-state index contributed by atoms with van der Waals surface area (Å²) in [5.74, 6) is 0. The van der Waals surface area contributed by atoms with Crippen LogP contribution in [-0.2, 0) is 6.42 Å². The van der Waals surface area contributed by atoms with Crippen molar-refractivity contribution in [3.05, 3.63) is 59.2 Å². The van der Waals surface area contributed by atoms with Crippen molar-refractivity contribution in [2.24, 2.45) is 0 Å². The summed E-state index contributed by atoms with van der Waals surface area (Å²) in [5.41, 5.74) is 11.9. The molecule has 0 bridgehead atoms. The van der Waals surface area contributed by atoms with Crippen LogP contribution in [0.3, 0.4) is 0 Å². The number of benzene rings is 2. The quantitative estimate of drug-likeness (QED) is 0.845. The number of likely N-dealkylation sites (N-methyl/N-ethyl adjacent to an activating group) is 1. The SMILES string of the molecule is Cc1ccc(C)c(CCN(C)c2ccc(N)cc2)c1. The Morgan fingerprint density at radius 2 is 1.68 bits per heavy atom. The summed E-state index contributed by atoms with van der Waals surface area (Å²) >= 11 is 0. The lowest BCUT2D eigenvalue weighted by molar-refractivity contribution is 0.871. The number of aryl methyl sites for hydroxylation is 2. The molecule has 0 aromatic heterocycles. The standard InChI is InChI=1S/C17H22N2/c1-13-4-5-14(2)15(12-13)10-11-19(3)17-8-6-16(18)7-9-17/h4-9,12H,10-11,18H2,1-3H3. The topological polar surface area (TPSA) is 29.3 Å². The van der Waals surface area contributed by atoms with Crippen LogP contribution in [0.5, 0.6) is 0 Å². The molecule has 0 spiro atoms. The van der Waals surface area contributed by atoms with E-state index in [9.17, 15) is 0 Å². The number of nitrogens with two attached hydrogens (primary N) is 1. The van der Waals surface area contributed by atoms with Gasteiger partial charge in [0.05, 0.1) is 0 Å². The fourth-order valence-electron chi connectivity index (χ4n) is 2.22. The van der Waals surface area contributed by atoms with Crippen molar-refractivity contribution in [2.45, 2.75) is 20.3 Å². The third-order valence-corrected chi connectivity index (χ3v) is 3.56. The van der Waals surface area contributed by atoms with E-state index in [2.05, 4.69) is 56.1 Å². The Morgan fingerprint density at radius 1 is 1.00 bits per heavy atom. The first-order chi connectivity index (χ1) is 9.06. The molecular weight excluding hydrogens is 232 g/mol. The Bertz CT molecular complexity index is 544. The van der Waals surface area contributed by atoms with Gasteiger partial charge in [-0.3, -0.25) is 0 Å². The number of rotatable bonds is 4. The van der Waals surface area contributed by atoms with Crippen molar-refractivity contribution in [1.29, 1.82) is 0 Å². The van der Waals surface area contributed by atoms with Crippen LogP contribution < -0.4 is 10.6 Å². The molecule has 0 fully saturated rings. The summed E-state index contributed by atoms with van der Waals surface area (Å²) in [6.45, 7) is 5.33. The van der Waals surface area contributed by atoms with Gasteiger partial charge in [-0.2, -0.15) is 0 Å². The van der Waals surface area contributed by atoms with Gasteiger partial charge in [0.1, 0.15) is 0 Å². The Hall–Kier alpha value is -1.96. The van der Waals surface area contributed by atoms with Crippen molar-refractivity contribution < 1.29 is 0 Å². The molecule has 0 unspecified atom stereocenters. The van der Waals surface area contributed by atoms with Crippen LogP contribution in [0, 0.1) is 13.8 Å². The normalized spacial score (nSPS) is 10.5. The minimum Gasteiger partial charge on any atom is -0.399 e. The summed E-state index contributed by atoms with van der Waals surface area (Å²) in [7, 11) is 2.12. The van der Waals surface area contributed by atoms with Crippen LogP contribution in [-0.4, -0.2) is 13.6 Å². The van der Waals surface area contributed by atoms with Gasteiger partial charge in [0, 0.05) is 25.0 Å². The first kappa shape index (κ1) is 13.5. The van der Waals surface area contributed by atoms with E-state index in [1.165, 1.54) is 22.4 Å². The van der Waals surface area contributed by atoms with Crippen molar-refractivity contribution >= 4 is 11.4 Å². The highest BCUT2D eigenvalue weighted by molar-refractivity contribution is 5.52. The van der Waals surface area contributed by atoms with Gasteiger partial charge in [-0.05, 0) is 55.7 Å². The average Bonchev–Trinajstić information content (AvgIpc) is 2.40. The Balaban J connectivity index is 2.02. The number of hydrogen-bond acceptors (Lipinski definition) is 2. The van der Waals surface area contributed by atoms with Gasteiger partial charge in [0.15, 0.2) is 0 Å². The summed E-state index contributed by atoms with van der Waals surface area (Å²) in [6, 6.07) is 14.7. The Morgan fingerprint density at radius 3 is 2.37 bits per heavy atom. The zero-order valence-corrected chi connectivity index (χ0v) is 12.0. The zero-order valence-electron chi connectivity index (χ0n) is 12.0. The van der Waals surface area contributed by atoms with E-state index in [1.54, 1.807) is 0 Å². The van der Waals surface area contributed by atoms with Gasteiger partial charge in [-0.1, -0.05) is 23.8 Å².